The number of halogens is 2. The van der Waals surface area contributed by atoms with Crippen molar-refractivity contribution in [1.29, 1.82) is 0 Å². The van der Waals surface area contributed by atoms with E-state index in [2.05, 4.69) is 15.5 Å². The number of hydrogen-bond acceptors (Lipinski definition) is 5. The number of ether oxygens (including phenoxy) is 2. The quantitative estimate of drug-likeness (QED) is 0.753. The predicted octanol–water partition coefficient (Wildman–Crippen LogP) is 1.78. The van der Waals surface area contributed by atoms with Crippen molar-refractivity contribution < 1.29 is 18.7 Å². The minimum absolute atomic E-state index is 0.0194. The Bertz CT molecular complexity index is 710. The van der Waals surface area contributed by atoms with Gasteiger partial charge in [-0.25, -0.2) is 4.39 Å². The minimum Gasteiger partial charge on any atom is -0.379 e. The Morgan fingerprint density at radius 1 is 1.31 bits per heavy atom. The SMILES string of the molecule is O=C(CN1CC2CCC(C1)O2)NCC1CNCCOCC1c1ccc(Cl)c(F)c1. The molecule has 3 saturated heterocycles. The van der Waals surface area contributed by atoms with Crippen LogP contribution in [-0.4, -0.2) is 75.5 Å². The number of nitrogens with one attached hydrogen (secondary N) is 2. The van der Waals surface area contributed by atoms with Gasteiger partial charge in [0.05, 0.1) is 37.0 Å². The molecule has 3 aliphatic heterocycles. The number of morpholine rings is 1. The highest BCUT2D eigenvalue weighted by Crippen LogP contribution is 2.29. The molecule has 3 aliphatic rings. The average Bonchev–Trinajstić information content (AvgIpc) is 3.02. The summed E-state index contributed by atoms with van der Waals surface area (Å²) in [5, 5.41) is 6.57. The van der Waals surface area contributed by atoms with Crippen LogP contribution in [0.25, 0.3) is 0 Å². The first-order valence-electron chi connectivity index (χ1n) is 10.5. The zero-order chi connectivity index (χ0) is 20.2. The van der Waals surface area contributed by atoms with Gasteiger partial charge in [0, 0.05) is 38.6 Å². The number of carbonyl (C=O) groups excluding carboxylic acids is 1. The van der Waals surface area contributed by atoms with Crippen LogP contribution in [0.4, 0.5) is 4.39 Å². The maximum Gasteiger partial charge on any atom is 0.234 e. The molecular weight excluding hydrogens is 397 g/mol. The van der Waals surface area contributed by atoms with Gasteiger partial charge < -0.3 is 20.1 Å². The fourth-order valence-electron chi connectivity index (χ4n) is 4.58. The number of fused-ring (bicyclic) bond motifs is 2. The van der Waals surface area contributed by atoms with Crippen LogP contribution in [0.5, 0.6) is 0 Å². The zero-order valence-electron chi connectivity index (χ0n) is 16.5. The van der Waals surface area contributed by atoms with Crippen LogP contribution < -0.4 is 10.6 Å². The molecule has 0 aromatic heterocycles. The third kappa shape index (κ3) is 5.47. The van der Waals surface area contributed by atoms with Gasteiger partial charge in [0.15, 0.2) is 0 Å². The van der Waals surface area contributed by atoms with E-state index < -0.39 is 5.82 Å². The summed E-state index contributed by atoms with van der Waals surface area (Å²) in [6.07, 6.45) is 2.74. The molecule has 3 heterocycles. The lowest BCUT2D eigenvalue weighted by atomic mass is 9.85. The molecule has 160 valence electrons. The van der Waals surface area contributed by atoms with Crippen LogP contribution in [0.15, 0.2) is 18.2 Å². The highest BCUT2D eigenvalue weighted by Gasteiger charge is 2.34. The standard InChI is InChI=1S/C21H29ClFN3O3/c22-19-4-1-14(7-20(19)23)18-13-28-6-5-24-8-15(18)9-25-21(27)12-26-10-16-2-3-17(11-26)29-16/h1,4,7,15-18,24H,2-3,5-6,8-13H2,(H,25,27). The molecule has 8 heteroatoms. The zero-order valence-corrected chi connectivity index (χ0v) is 17.3. The molecule has 4 unspecified atom stereocenters. The van der Waals surface area contributed by atoms with Gasteiger partial charge in [-0.05, 0) is 36.5 Å². The van der Waals surface area contributed by atoms with Crippen molar-refractivity contribution in [2.24, 2.45) is 5.92 Å². The molecule has 0 aliphatic carbocycles. The molecule has 6 nitrogen and oxygen atoms in total. The van der Waals surface area contributed by atoms with Crippen molar-refractivity contribution >= 4 is 17.5 Å². The van der Waals surface area contributed by atoms with E-state index >= 15 is 0 Å². The Hall–Kier alpha value is -1.25. The fraction of sp³-hybridized carbons (Fsp3) is 0.667. The summed E-state index contributed by atoms with van der Waals surface area (Å²) in [5.41, 5.74) is 0.847. The van der Waals surface area contributed by atoms with Gasteiger partial charge >= 0.3 is 0 Å². The van der Waals surface area contributed by atoms with Gasteiger partial charge in [-0.15, -0.1) is 0 Å². The first-order valence-corrected chi connectivity index (χ1v) is 10.8. The molecule has 2 N–H and O–H groups in total. The lowest BCUT2D eigenvalue weighted by Crippen LogP contribution is -2.48. The molecule has 1 aromatic rings. The van der Waals surface area contributed by atoms with Crippen LogP contribution in [0.1, 0.15) is 24.3 Å². The smallest absolute Gasteiger partial charge is 0.234 e. The van der Waals surface area contributed by atoms with E-state index in [1.54, 1.807) is 6.07 Å². The van der Waals surface area contributed by atoms with Crippen molar-refractivity contribution in [2.45, 2.75) is 31.0 Å². The van der Waals surface area contributed by atoms with Crippen molar-refractivity contribution in [3.05, 3.63) is 34.6 Å². The molecule has 4 rings (SSSR count). The van der Waals surface area contributed by atoms with E-state index in [-0.39, 0.29) is 35.0 Å². The summed E-state index contributed by atoms with van der Waals surface area (Å²) in [5.74, 6) is -0.325. The molecule has 0 spiro atoms. The summed E-state index contributed by atoms with van der Waals surface area (Å²) in [6, 6.07) is 4.91. The highest BCUT2D eigenvalue weighted by atomic mass is 35.5. The van der Waals surface area contributed by atoms with Crippen molar-refractivity contribution in [3.8, 4) is 0 Å². The lowest BCUT2D eigenvalue weighted by Gasteiger charge is -2.32. The number of likely N-dealkylation sites (tertiary alicyclic amines) is 1. The molecule has 4 atom stereocenters. The van der Waals surface area contributed by atoms with E-state index in [0.717, 1.165) is 44.6 Å². The summed E-state index contributed by atoms with van der Waals surface area (Å²) in [4.78, 5) is 14.7. The van der Waals surface area contributed by atoms with Crippen LogP contribution in [0.3, 0.4) is 0 Å². The van der Waals surface area contributed by atoms with Gasteiger partial charge in [-0.3, -0.25) is 9.69 Å². The molecule has 3 fully saturated rings. The van der Waals surface area contributed by atoms with Crippen LogP contribution in [0, 0.1) is 11.7 Å². The van der Waals surface area contributed by atoms with E-state index in [1.807, 2.05) is 6.07 Å². The molecule has 0 saturated carbocycles. The van der Waals surface area contributed by atoms with Gasteiger partial charge in [-0.1, -0.05) is 17.7 Å². The number of nitrogens with zero attached hydrogens (tertiary/aromatic N) is 1. The summed E-state index contributed by atoms with van der Waals surface area (Å²) in [7, 11) is 0. The molecule has 29 heavy (non-hydrogen) atoms. The van der Waals surface area contributed by atoms with Gasteiger partial charge in [0.25, 0.3) is 0 Å². The van der Waals surface area contributed by atoms with E-state index in [0.29, 0.717) is 26.3 Å². The van der Waals surface area contributed by atoms with Crippen LogP contribution >= 0.6 is 11.6 Å². The molecule has 0 radical (unpaired) electrons. The normalized spacial score (nSPS) is 30.6. The van der Waals surface area contributed by atoms with Crippen LogP contribution in [0.2, 0.25) is 5.02 Å². The van der Waals surface area contributed by atoms with Crippen molar-refractivity contribution in [1.82, 2.24) is 15.5 Å². The molecular formula is C21H29ClFN3O3. The second kappa shape index (κ2) is 9.71. The summed E-state index contributed by atoms with van der Waals surface area (Å²) in [6.45, 7) is 5.18. The predicted molar refractivity (Wildman–Crippen MR) is 109 cm³/mol. The Morgan fingerprint density at radius 2 is 2.10 bits per heavy atom. The molecule has 2 bridgehead atoms. The number of hydrogen-bond donors (Lipinski definition) is 2. The number of amides is 1. The molecule has 1 aromatic carbocycles. The maximum atomic E-state index is 14.0. The second-order valence-electron chi connectivity index (χ2n) is 8.27. The monoisotopic (exact) mass is 425 g/mol. The van der Waals surface area contributed by atoms with Gasteiger partial charge in [0.1, 0.15) is 5.82 Å². The lowest BCUT2D eigenvalue weighted by molar-refractivity contribution is -0.124. The third-order valence-corrected chi connectivity index (χ3v) is 6.42. The van der Waals surface area contributed by atoms with Crippen molar-refractivity contribution in [3.63, 3.8) is 0 Å². The molecule has 1 amide bonds. The number of rotatable bonds is 5. The Kier molecular flexibility index (Phi) is 7.03. The van der Waals surface area contributed by atoms with E-state index in [9.17, 15) is 9.18 Å². The average molecular weight is 426 g/mol. The van der Waals surface area contributed by atoms with Gasteiger partial charge in [0.2, 0.25) is 5.91 Å². The van der Waals surface area contributed by atoms with Crippen molar-refractivity contribution in [2.75, 3.05) is 52.5 Å². The van der Waals surface area contributed by atoms with Crippen LogP contribution in [-0.2, 0) is 14.3 Å². The Balaban J connectivity index is 1.36. The topological polar surface area (TPSA) is 62.8 Å². The van der Waals surface area contributed by atoms with E-state index in [4.69, 9.17) is 21.1 Å². The number of carbonyl (C=O) groups is 1. The second-order valence-corrected chi connectivity index (χ2v) is 8.68. The van der Waals surface area contributed by atoms with E-state index in [1.165, 1.54) is 6.07 Å². The first kappa shape index (κ1) is 21.0. The minimum atomic E-state index is -0.427. The van der Waals surface area contributed by atoms with Gasteiger partial charge in [-0.2, -0.15) is 0 Å². The third-order valence-electron chi connectivity index (χ3n) is 6.12. The summed E-state index contributed by atoms with van der Waals surface area (Å²) < 4.78 is 25.6. The maximum absolute atomic E-state index is 14.0. The summed E-state index contributed by atoms with van der Waals surface area (Å²) >= 11 is 5.85. The largest absolute Gasteiger partial charge is 0.379 e. The number of benzene rings is 1. The first-order chi connectivity index (χ1) is 14.1. The Morgan fingerprint density at radius 3 is 2.86 bits per heavy atom. The Labute approximate surface area is 176 Å². The highest BCUT2D eigenvalue weighted by molar-refractivity contribution is 6.30. The fourth-order valence-corrected chi connectivity index (χ4v) is 4.70.